The molecule has 1 aromatic heterocycles. The molecule has 1 N–H and O–H groups in total. The third-order valence-electron chi connectivity index (χ3n) is 3.57. The van der Waals surface area contributed by atoms with Gasteiger partial charge in [-0.2, -0.15) is 18.3 Å². The van der Waals surface area contributed by atoms with Gasteiger partial charge in [0, 0.05) is 17.3 Å². The number of nitrogens with zero attached hydrogens (tertiary/aromatic N) is 2. The van der Waals surface area contributed by atoms with E-state index in [0.717, 1.165) is 17.5 Å². The van der Waals surface area contributed by atoms with Crippen LogP contribution in [0.3, 0.4) is 0 Å². The lowest BCUT2D eigenvalue weighted by molar-refractivity contribution is -0.148. The first-order valence-corrected chi connectivity index (χ1v) is 7.97. The summed E-state index contributed by atoms with van der Waals surface area (Å²) in [5, 5.41) is 6.04. The highest BCUT2D eigenvalue weighted by atomic mass is 19.4. The average molecular weight is 381 g/mol. The van der Waals surface area contributed by atoms with Crippen molar-refractivity contribution >= 4 is 18.0 Å². The molecule has 27 heavy (non-hydrogen) atoms. The maximum absolute atomic E-state index is 12.0. The first-order valence-electron chi connectivity index (χ1n) is 7.97. The van der Waals surface area contributed by atoms with Crippen LogP contribution in [0.25, 0.3) is 11.8 Å². The van der Waals surface area contributed by atoms with Crippen molar-refractivity contribution in [2.45, 2.75) is 20.0 Å². The number of hydrogen-bond acceptors (Lipinski definition) is 4. The number of rotatable bonds is 6. The summed E-state index contributed by atoms with van der Waals surface area (Å²) < 4.78 is 42.3. The van der Waals surface area contributed by atoms with Gasteiger partial charge in [0.2, 0.25) is 0 Å². The summed E-state index contributed by atoms with van der Waals surface area (Å²) in [6.45, 7) is 1.35. The smallest absolute Gasteiger partial charge is 0.405 e. The van der Waals surface area contributed by atoms with Gasteiger partial charge < -0.3 is 10.1 Å². The zero-order valence-electron chi connectivity index (χ0n) is 14.7. The van der Waals surface area contributed by atoms with E-state index < -0.39 is 31.2 Å². The standard InChI is InChI=1S/C18H18F3N3O3/c1-12-15(13(2)24(23-12)14-6-4-3-5-7-14)8-9-17(26)27-10-16(25)22-11-18(19,20)21/h3-9H,10-11H2,1-2H3,(H,22,25). The molecule has 144 valence electrons. The molecule has 6 nitrogen and oxygen atoms in total. The number of para-hydroxylation sites is 1. The van der Waals surface area contributed by atoms with Gasteiger partial charge >= 0.3 is 12.1 Å². The number of halogens is 3. The molecule has 0 aliphatic carbocycles. The van der Waals surface area contributed by atoms with Gasteiger partial charge in [-0.3, -0.25) is 4.79 Å². The van der Waals surface area contributed by atoms with Gasteiger partial charge in [-0.1, -0.05) is 18.2 Å². The lowest BCUT2D eigenvalue weighted by Gasteiger charge is -2.07. The van der Waals surface area contributed by atoms with Gasteiger partial charge in [0.15, 0.2) is 6.61 Å². The predicted octanol–water partition coefficient (Wildman–Crippen LogP) is 2.72. The second-order valence-electron chi connectivity index (χ2n) is 5.66. The Labute approximate surface area is 153 Å². The van der Waals surface area contributed by atoms with Crippen molar-refractivity contribution in [2.24, 2.45) is 0 Å². The molecule has 0 aliphatic rings. The number of benzene rings is 1. The first-order chi connectivity index (χ1) is 12.7. The first kappa shape index (κ1) is 20.2. The molecule has 2 aromatic rings. The van der Waals surface area contributed by atoms with Crippen LogP contribution in [0.1, 0.15) is 17.0 Å². The Kier molecular flexibility index (Phi) is 6.38. The molecule has 0 unspecified atom stereocenters. The van der Waals surface area contributed by atoms with Crippen LogP contribution in [-0.2, 0) is 14.3 Å². The van der Waals surface area contributed by atoms with Crippen LogP contribution in [0, 0.1) is 13.8 Å². The molecule has 0 aliphatic heterocycles. The van der Waals surface area contributed by atoms with Crippen molar-refractivity contribution in [3.8, 4) is 5.69 Å². The Bertz CT molecular complexity index is 843. The number of amides is 1. The number of esters is 1. The number of alkyl halides is 3. The third-order valence-corrected chi connectivity index (χ3v) is 3.57. The van der Waals surface area contributed by atoms with Crippen LogP contribution < -0.4 is 5.32 Å². The summed E-state index contributed by atoms with van der Waals surface area (Å²) in [6, 6.07) is 9.42. The zero-order chi connectivity index (χ0) is 20.0. The average Bonchev–Trinajstić information content (AvgIpc) is 2.90. The molecular weight excluding hydrogens is 363 g/mol. The molecule has 0 bridgehead atoms. The van der Waals surface area contributed by atoms with Gasteiger partial charge in [-0.25, -0.2) is 9.48 Å². The Hall–Kier alpha value is -3.10. The van der Waals surface area contributed by atoms with Crippen LogP contribution in [-0.4, -0.2) is 41.0 Å². The lowest BCUT2D eigenvalue weighted by atomic mass is 10.2. The molecule has 0 radical (unpaired) electrons. The van der Waals surface area contributed by atoms with Crippen molar-refractivity contribution in [1.29, 1.82) is 0 Å². The molecule has 1 heterocycles. The van der Waals surface area contributed by atoms with E-state index in [9.17, 15) is 22.8 Å². The fourth-order valence-corrected chi connectivity index (χ4v) is 2.30. The Morgan fingerprint density at radius 2 is 1.89 bits per heavy atom. The molecule has 0 saturated heterocycles. The number of nitrogens with one attached hydrogen (secondary N) is 1. The Morgan fingerprint density at radius 1 is 1.22 bits per heavy atom. The monoisotopic (exact) mass is 381 g/mol. The quantitative estimate of drug-likeness (QED) is 0.617. The fraction of sp³-hybridized carbons (Fsp3) is 0.278. The minimum atomic E-state index is -4.52. The summed E-state index contributed by atoms with van der Waals surface area (Å²) in [7, 11) is 0. The van der Waals surface area contributed by atoms with Crippen molar-refractivity contribution in [3.05, 3.63) is 53.4 Å². The van der Waals surface area contributed by atoms with E-state index in [1.54, 1.807) is 16.9 Å². The Balaban J connectivity index is 1.97. The van der Waals surface area contributed by atoms with Gasteiger partial charge in [0.25, 0.3) is 5.91 Å². The number of aromatic nitrogens is 2. The lowest BCUT2D eigenvalue weighted by Crippen LogP contribution is -2.36. The van der Waals surface area contributed by atoms with E-state index in [1.807, 2.05) is 37.3 Å². The van der Waals surface area contributed by atoms with Gasteiger partial charge in [0.1, 0.15) is 6.54 Å². The molecule has 0 fully saturated rings. The second-order valence-corrected chi connectivity index (χ2v) is 5.66. The minimum absolute atomic E-state index is 0.684. The van der Waals surface area contributed by atoms with Crippen LogP contribution in [0.4, 0.5) is 13.2 Å². The van der Waals surface area contributed by atoms with Crippen LogP contribution >= 0.6 is 0 Å². The van der Waals surface area contributed by atoms with Crippen molar-refractivity contribution in [2.75, 3.05) is 13.2 Å². The summed E-state index contributed by atoms with van der Waals surface area (Å²) in [5.74, 6) is -1.87. The van der Waals surface area contributed by atoms with Gasteiger partial charge in [0.05, 0.1) is 11.4 Å². The van der Waals surface area contributed by atoms with Crippen molar-refractivity contribution in [1.82, 2.24) is 15.1 Å². The highest BCUT2D eigenvalue weighted by Gasteiger charge is 2.27. The summed E-state index contributed by atoms with van der Waals surface area (Å²) in [4.78, 5) is 22.9. The minimum Gasteiger partial charge on any atom is -0.452 e. The SMILES string of the molecule is Cc1nn(-c2ccccc2)c(C)c1C=CC(=O)OCC(=O)NCC(F)(F)F. The number of carbonyl (C=O) groups excluding carboxylic acids is 2. The van der Waals surface area contributed by atoms with Gasteiger partial charge in [-0.05, 0) is 32.1 Å². The van der Waals surface area contributed by atoms with Crippen LogP contribution in [0.5, 0.6) is 0 Å². The van der Waals surface area contributed by atoms with Crippen molar-refractivity contribution < 1.29 is 27.5 Å². The third kappa shape index (κ3) is 5.98. The van der Waals surface area contributed by atoms with Gasteiger partial charge in [-0.15, -0.1) is 0 Å². The summed E-state index contributed by atoms with van der Waals surface area (Å²) in [5.41, 5.74) is 3.05. The number of aryl methyl sites for hydroxylation is 1. The molecule has 0 saturated carbocycles. The number of ether oxygens (including phenoxy) is 1. The zero-order valence-corrected chi connectivity index (χ0v) is 14.7. The van der Waals surface area contributed by atoms with E-state index in [2.05, 4.69) is 9.84 Å². The molecule has 0 atom stereocenters. The molecule has 1 amide bonds. The topological polar surface area (TPSA) is 73.2 Å². The molecule has 1 aromatic carbocycles. The number of hydrogen-bond donors (Lipinski definition) is 1. The van der Waals surface area contributed by atoms with Crippen LogP contribution in [0.15, 0.2) is 36.4 Å². The molecular formula is C18H18F3N3O3. The second kappa shape index (κ2) is 8.52. The van der Waals surface area contributed by atoms with E-state index in [-0.39, 0.29) is 0 Å². The maximum atomic E-state index is 12.0. The largest absolute Gasteiger partial charge is 0.452 e. The number of carbonyl (C=O) groups is 2. The molecule has 2 rings (SSSR count). The van der Waals surface area contributed by atoms with Crippen LogP contribution in [0.2, 0.25) is 0 Å². The summed E-state index contributed by atoms with van der Waals surface area (Å²) in [6.07, 6.45) is -1.93. The summed E-state index contributed by atoms with van der Waals surface area (Å²) >= 11 is 0. The van der Waals surface area contributed by atoms with Crippen molar-refractivity contribution in [3.63, 3.8) is 0 Å². The van der Waals surface area contributed by atoms with E-state index >= 15 is 0 Å². The normalized spacial score (nSPS) is 11.6. The predicted molar refractivity (Wildman–Crippen MR) is 92.1 cm³/mol. The van der Waals surface area contributed by atoms with E-state index in [0.29, 0.717) is 11.3 Å². The highest BCUT2D eigenvalue weighted by Crippen LogP contribution is 2.19. The molecule has 0 spiro atoms. The Morgan fingerprint density at radius 3 is 2.52 bits per heavy atom. The fourth-order valence-electron chi connectivity index (χ4n) is 2.30. The van der Waals surface area contributed by atoms with E-state index in [4.69, 9.17) is 0 Å². The highest BCUT2D eigenvalue weighted by molar-refractivity contribution is 5.89. The maximum Gasteiger partial charge on any atom is 0.405 e. The molecule has 9 heteroatoms. The van der Waals surface area contributed by atoms with E-state index in [1.165, 1.54) is 6.08 Å².